The van der Waals surface area contributed by atoms with Crippen molar-refractivity contribution in [2.45, 2.75) is 13.3 Å². The molecule has 4 aromatic rings. The molecule has 2 fully saturated rings. The lowest BCUT2D eigenvalue weighted by molar-refractivity contribution is -0.0759. The van der Waals surface area contributed by atoms with Crippen molar-refractivity contribution < 1.29 is 14.0 Å². The highest BCUT2D eigenvalue weighted by Crippen LogP contribution is 2.40. The zero-order valence-corrected chi connectivity index (χ0v) is 20.8. The van der Waals surface area contributed by atoms with E-state index >= 15 is 0 Å². The summed E-state index contributed by atoms with van der Waals surface area (Å²) in [7, 11) is 0. The van der Waals surface area contributed by atoms with Crippen molar-refractivity contribution in [1.82, 2.24) is 20.0 Å². The number of aromatic nitrogens is 2. The minimum atomic E-state index is -0.577. The predicted molar refractivity (Wildman–Crippen MR) is 142 cm³/mol. The molecule has 0 saturated carbocycles. The molecule has 3 amide bonds. The normalized spacial score (nSPS) is 15.7. The molecule has 1 aromatic heterocycles. The van der Waals surface area contributed by atoms with Crippen LogP contribution in [-0.4, -0.2) is 58.1 Å². The number of hydrogen-bond acceptors (Lipinski definition) is 4. The minimum absolute atomic E-state index is 0.0134. The molecule has 38 heavy (non-hydrogen) atoms. The minimum Gasteiger partial charge on any atom is -0.337 e. The maximum absolute atomic E-state index is 14.7. The fourth-order valence-electron chi connectivity index (χ4n) is 5.46. The molecule has 0 aliphatic carbocycles. The van der Waals surface area contributed by atoms with Crippen LogP contribution < -0.4 is 10.9 Å². The molecular weight excluding hydrogens is 485 g/mol. The van der Waals surface area contributed by atoms with Crippen molar-refractivity contribution in [3.05, 3.63) is 105 Å². The molecule has 0 radical (unpaired) electrons. The van der Waals surface area contributed by atoms with Gasteiger partial charge in [0.2, 0.25) is 0 Å². The van der Waals surface area contributed by atoms with E-state index in [1.165, 1.54) is 6.07 Å². The first kappa shape index (κ1) is 23.8. The number of rotatable bonds is 4. The zero-order valence-electron chi connectivity index (χ0n) is 20.8. The first-order valence-electron chi connectivity index (χ1n) is 12.5. The Balaban J connectivity index is 1.10. The Morgan fingerprint density at radius 1 is 0.974 bits per heavy atom. The summed E-state index contributed by atoms with van der Waals surface area (Å²) in [5.74, 6) is -0.941. The van der Waals surface area contributed by atoms with Crippen LogP contribution in [0.3, 0.4) is 0 Å². The quantitative estimate of drug-likeness (QED) is 0.434. The van der Waals surface area contributed by atoms with Gasteiger partial charge in [-0.2, -0.15) is 5.10 Å². The van der Waals surface area contributed by atoms with E-state index in [0.29, 0.717) is 43.7 Å². The highest BCUT2D eigenvalue weighted by molar-refractivity contribution is 5.96. The Bertz CT molecular complexity index is 1640. The number of urea groups is 1. The average Bonchev–Trinajstić information content (AvgIpc) is 2.85. The number of anilines is 1. The van der Waals surface area contributed by atoms with Crippen molar-refractivity contribution in [3.63, 3.8) is 0 Å². The summed E-state index contributed by atoms with van der Waals surface area (Å²) in [6.45, 7) is 4.05. The topological polar surface area (TPSA) is 98.4 Å². The van der Waals surface area contributed by atoms with Gasteiger partial charge >= 0.3 is 6.03 Å². The Morgan fingerprint density at radius 2 is 1.71 bits per heavy atom. The number of aryl methyl sites for hydroxylation is 1. The number of carbonyl (C=O) groups is 2. The molecule has 3 heterocycles. The van der Waals surface area contributed by atoms with Crippen molar-refractivity contribution in [3.8, 4) is 0 Å². The molecule has 2 aliphatic heterocycles. The molecule has 9 heteroatoms. The van der Waals surface area contributed by atoms with Gasteiger partial charge in [0.25, 0.3) is 11.5 Å². The smallest absolute Gasteiger partial charge is 0.321 e. The maximum Gasteiger partial charge on any atom is 0.321 e. The number of hydrogen-bond donors (Lipinski definition) is 2. The number of fused-ring (bicyclic) bond motifs is 1. The Morgan fingerprint density at radius 3 is 2.47 bits per heavy atom. The summed E-state index contributed by atoms with van der Waals surface area (Å²) in [6.07, 6.45) is 0.340. The molecule has 2 aliphatic rings. The third-order valence-electron chi connectivity index (χ3n) is 7.36. The molecule has 8 nitrogen and oxygen atoms in total. The van der Waals surface area contributed by atoms with Crippen LogP contribution in [-0.2, 0) is 6.42 Å². The fourth-order valence-corrected chi connectivity index (χ4v) is 5.46. The molecule has 2 saturated heterocycles. The number of H-pyrrole nitrogens is 1. The number of nitrogens with zero attached hydrogens (tertiary/aromatic N) is 3. The summed E-state index contributed by atoms with van der Waals surface area (Å²) in [4.78, 5) is 41.2. The van der Waals surface area contributed by atoms with E-state index < -0.39 is 5.82 Å². The molecule has 6 rings (SSSR count). The van der Waals surface area contributed by atoms with E-state index in [4.69, 9.17) is 0 Å². The highest BCUT2D eigenvalue weighted by Gasteiger charge is 2.54. The predicted octanol–water partition coefficient (Wildman–Crippen LogP) is 3.95. The fraction of sp³-hybridized carbons (Fsp3) is 0.241. The third-order valence-corrected chi connectivity index (χ3v) is 7.36. The van der Waals surface area contributed by atoms with Crippen LogP contribution in [0, 0.1) is 18.2 Å². The second-order valence-corrected chi connectivity index (χ2v) is 10.4. The van der Waals surface area contributed by atoms with Gasteiger partial charge in [0.15, 0.2) is 0 Å². The largest absolute Gasteiger partial charge is 0.337 e. The van der Waals surface area contributed by atoms with Gasteiger partial charge in [-0.15, -0.1) is 0 Å². The van der Waals surface area contributed by atoms with Crippen LogP contribution in [0.25, 0.3) is 10.8 Å². The summed E-state index contributed by atoms with van der Waals surface area (Å²) in [5.41, 5.74) is 2.79. The van der Waals surface area contributed by atoms with E-state index in [-0.39, 0.29) is 28.5 Å². The molecular formula is C29H26FN5O3. The lowest BCUT2D eigenvalue weighted by Gasteiger charge is -2.59. The lowest BCUT2D eigenvalue weighted by Crippen LogP contribution is -2.74. The highest BCUT2D eigenvalue weighted by atomic mass is 19.1. The van der Waals surface area contributed by atoms with Crippen LogP contribution in [0.4, 0.5) is 14.9 Å². The molecule has 192 valence electrons. The Labute approximate surface area is 218 Å². The van der Waals surface area contributed by atoms with Crippen molar-refractivity contribution in [2.75, 3.05) is 31.5 Å². The van der Waals surface area contributed by atoms with Gasteiger partial charge in [0, 0.05) is 49.1 Å². The van der Waals surface area contributed by atoms with Gasteiger partial charge in [-0.3, -0.25) is 9.59 Å². The Hall–Kier alpha value is -4.53. The number of amides is 3. The maximum atomic E-state index is 14.7. The number of nitrogens with one attached hydrogen (secondary N) is 2. The standard InChI is InChI=1S/C29H26FN5O3/c1-18-5-4-6-20(11-18)31-28(38)35-16-29(17-35)14-34(15-29)27(37)23-12-19(9-10-24(23)30)13-25-21-7-2-3-8-22(21)26(36)33-32-25/h2-12H,13-17H2,1H3,(H,31,38)(H,33,36). The number of benzene rings is 3. The van der Waals surface area contributed by atoms with Crippen LogP contribution >= 0.6 is 0 Å². The average molecular weight is 512 g/mol. The molecule has 0 bridgehead atoms. The van der Waals surface area contributed by atoms with Crippen LogP contribution in [0.1, 0.15) is 27.2 Å². The van der Waals surface area contributed by atoms with Crippen LogP contribution in [0.15, 0.2) is 71.5 Å². The van der Waals surface area contributed by atoms with Gasteiger partial charge in [-0.25, -0.2) is 14.3 Å². The van der Waals surface area contributed by atoms with E-state index in [2.05, 4.69) is 15.5 Å². The van der Waals surface area contributed by atoms with Gasteiger partial charge < -0.3 is 15.1 Å². The molecule has 2 N–H and O–H groups in total. The van der Waals surface area contributed by atoms with E-state index in [9.17, 15) is 18.8 Å². The van der Waals surface area contributed by atoms with Crippen LogP contribution in [0.5, 0.6) is 0 Å². The number of carbonyl (C=O) groups excluding carboxylic acids is 2. The number of halogens is 1. The molecule has 0 atom stereocenters. The third kappa shape index (κ3) is 4.30. The van der Waals surface area contributed by atoms with E-state index in [1.807, 2.05) is 43.3 Å². The zero-order chi connectivity index (χ0) is 26.4. The number of aromatic amines is 1. The SMILES string of the molecule is Cc1cccc(NC(=O)N2CC3(C2)CN(C(=O)c2cc(Cc4n[nH]c(=O)c5ccccc45)ccc2F)C3)c1. The second kappa shape index (κ2) is 9.09. The number of likely N-dealkylation sites (tertiary alicyclic amines) is 2. The first-order valence-corrected chi connectivity index (χ1v) is 12.5. The second-order valence-electron chi connectivity index (χ2n) is 10.4. The Kier molecular flexibility index (Phi) is 5.71. The van der Waals surface area contributed by atoms with E-state index in [0.717, 1.165) is 22.2 Å². The molecule has 1 spiro atoms. The summed E-state index contributed by atoms with van der Waals surface area (Å²) < 4.78 is 14.7. The molecule has 3 aromatic carbocycles. The molecule has 0 unspecified atom stereocenters. The van der Waals surface area contributed by atoms with Crippen LogP contribution in [0.2, 0.25) is 0 Å². The van der Waals surface area contributed by atoms with Crippen molar-refractivity contribution >= 4 is 28.4 Å². The van der Waals surface area contributed by atoms with Gasteiger partial charge in [-0.05, 0) is 48.4 Å². The van der Waals surface area contributed by atoms with Gasteiger partial charge in [0.05, 0.1) is 16.6 Å². The van der Waals surface area contributed by atoms with Gasteiger partial charge in [0.1, 0.15) is 5.82 Å². The lowest BCUT2D eigenvalue weighted by atomic mass is 9.72. The van der Waals surface area contributed by atoms with Gasteiger partial charge in [-0.1, -0.05) is 36.4 Å². The van der Waals surface area contributed by atoms with Crippen molar-refractivity contribution in [2.24, 2.45) is 5.41 Å². The monoisotopic (exact) mass is 511 g/mol. The summed E-state index contributed by atoms with van der Waals surface area (Å²) in [5, 5.41) is 10.9. The van der Waals surface area contributed by atoms with E-state index in [1.54, 1.807) is 34.1 Å². The summed E-state index contributed by atoms with van der Waals surface area (Å²) in [6, 6.07) is 19.1. The first-order chi connectivity index (χ1) is 18.3. The summed E-state index contributed by atoms with van der Waals surface area (Å²) >= 11 is 0. The van der Waals surface area contributed by atoms with Crippen molar-refractivity contribution in [1.29, 1.82) is 0 Å².